The highest BCUT2D eigenvalue weighted by Crippen LogP contribution is 2.42. The first-order valence-electron chi connectivity index (χ1n) is 11.2. The van der Waals surface area contributed by atoms with Crippen LogP contribution in [0.15, 0.2) is 54.6 Å². The average Bonchev–Trinajstić information content (AvgIpc) is 3.08. The molecule has 0 bridgehead atoms. The van der Waals surface area contributed by atoms with E-state index in [9.17, 15) is 9.59 Å². The summed E-state index contributed by atoms with van der Waals surface area (Å²) in [6.07, 6.45) is 6.18. The van der Waals surface area contributed by atoms with Crippen LogP contribution in [-0.4, -0.2) is 49.0 Å². The minimum Gasteiger partial charge on any atom is -0.493 e. The molecule has 0 aromatic heterocycles. The van der Waals surface area contributed by atoms with Crippen LogP contribution in [-0.2, 0) is 16.0 Å². The molecule has 0 radical (unpaired) electrons. The van der Waals surface area contributed by atoms with Crippen molar-refractivity contribution in [3.05, 3.63) is 71.3 Å². The van der Waals surface area contributed by atoms with Gasteiger partial charge >= 0.3 is 0 Å². The second-order valence-electron chi connectivity index (χ2n) is 8.68. The minimum atomic E-state index is -0.205. The van der Waals surface area contributed by atoms with E-state index in [4.69, 9.17) is 9.47 Å². The lowest BCUT2D eigenvalue weighted by molar-refractivity contribution is -0.143. The van der Waals surface area contributed by atoms with E-state index < -0.39 is 0 Å². The number of imide groups is 1. The summed E-state index contributed by atoms with van der Waals surface area (Å²) in [5.74, 6) is 0.921. The molecule has 1 fully saturated rings. The van der Waals surface area contributed by atoms with Crippen molar-refractivity contribution in [2.75, 3.05) is 27.4 Å². The van der Waals surface area contributed by atoms with Gasteiger partial charge in [0.15, 0.2) is 11.5 Å². The lowest BCUT2D eigenvalue weighted by Crippen LogP contribution is -2.46. The van der Waals surface area contributed by atoms with Gasteiger partial charge in [-0.3, -0.25) is 19.4 Å². The minimum absolute atomic E-state index is 0.0331. The summed E-state index contributed by atoms with van der Waals surface area (Å²) < 4.78 is 11.1. The fourth-order valence-electron chi connectivity index (χ4n) is 5.37. The zero-order valence-corrected chi connectivity index (χ0v) is 18.5. The summed E-state index contributed by atoms with van der Waals surface area (Å²) in [6, 6.07) is 14.2. The highest BCUT2D eigenvalue weighted by molar-refractivity contribution is 6.05. The summed E-state index contributed by atoms with van der Waals surface area (Å²) >= 11 is 0. The molecule has 2 aromatic carbocycles. The van der Waals surface area contributed by atoms with Crippen molar-refractivity contribution in [1.82, 2.24) is 9.80 Å². The summed E-state index contributed by atoms with van der Waals surface area (Å²) in [5, 5.41) is 0. The standard InChI is InChI=1S/C26H28N2O4/c1-31-22-14-18-12-13-27(16-28-25(29)19-10-6-7-11-20(19)26(28)30)24(17-8-4-3-5-9-17)21(18)15-23(22)32-2/h3-9,14-15,19-20,24H,10-13,16H2,1-2H3/t19-,20+,24-/m0/s1. The third kappa shape index (κ3) is 3.39. The Bertz CT molecular complexity index is 1040. The van der Waals surface area contributed by atoms with E-state index >= 15 is 0 Å². The predicted molar refractivity (Wildman–Crippen MR) is 120 cm³/mol. The highest BCUT2D eigenvalue weighted by atomic mass is 16.5. The number of benzene rings is 2. The first-order valence-corrected chi connectivity index (χ1v) is 11.2. The van der Waals surface area contributed by atoms with E-state index in [-0.39, 0.29) is 29.7 Å². The zero-order chi connectivity index (χ0) is 22.2. The Morgan fingerprint density at radius 3 is 2.16 bits per heavy atom. The summed E-state index contributed by atoms with van der Waals surface area (Å²) in [6.45, 7) is 1.05. The Morgan fingerprint density at radius 1 is 0.906 bits per heavy atom. The summed E-state index contributed by atoms with van der Waals surface area (Å²) in [7, 11) is 3.28. The van der Waals surface area contributed by atoms with Gasteiger partial charge in [0.2, 0.25) is 11.8 Å². The molecule has 2 aliphatic heterocycles. The monoisotopic (exact) mass is 432 g/mol. The normalized spacial score (nSPS) is 24.9. The van der Waals surface area contributed by atoms with Crippen LogP contribution in [0.3, 0.4) is 0 Å². The lowest BCUT2D eigenvalue weighted by atomic mass is 9.85. The number of hydrogen-bond acceptors (Lipinski definition) is 5. The molecule has 2 amide bonds. The smallest absolute Gasteiger partial charge is 0.234 e. The molecule has 5 rings (SSSR count). The Morgan fingerprint density at radius 2 is 1.53 bits per heavy atom. The Balaban J connectivity index is 1.52. The maximum atomic E-state index is 13.1. The number of ether oxygens (including phenoxy) is 2. The molecule has 1 aliphatic carbocycles. The number of methoxy groups -OCH3 is 2. The molecular weight excluding hydrogens is 404 g/mol. The number of allylic oxidation sites excluding steroid dienone is 2. The first kappa shape index (κ1) is 20.8. The van der Waals surface area contributed by atoms with E-state index in [0.717, 1.165) is 24.1 Å². The topological polar surface area (TPSA) is 59.1 Å². The van der Waals surface area contributed by atoms with Gasteiger partial charge in [0.25, 0.3) is 0 Å². The molecule has 0 N–H and O–H groups in total. The number of rotatable bonds is 5. The Kier molecular flexibility index (Phi) is 5.47. The van der Waals surface area contributed by atoms with Gasteiger partial charge in [-0.1, -0.05) is 42.5 Å². The number of carbonyl (C=O) groups is 2. The molecule has 3 atom stereocenters. The predicted octanol–water partition coefficient (Wildman–Crippen LogP) is 3.56. The summed E-state index contributed by atoms with van der Waals surface area (Å²) in [5.41, 5.74) is 3.45. The Hall–Kier alpha value is -3.12. The molecule has 0 saturated carbocycles. The molecule has 0 unspecified atom stereocenters. The molecule has 2 aromatic rings. The Labute approximate surface area is 188 Å². The van der Waals surface area contributed by atoms with Crippen LogP contribution in [0.25, 0.3) is 0 Å². The van der Waals surface area contributed by atoms with E-state index in [1.165, 1.54) is 10.5 Å². The van der Waals surface area contributed by atoms with Gasteiger partial charge in [-0.25, -0.2) is 0 Å². The average molecular weight is 433 g/mol. The van der Waals surface area contributed by atoms with Crippen molar-refractivity contribution in [1.29, 1.82) is 0 Å². The van der Waals surface area contributed by atoms with Gasteiger partial charge in [0, 0.05) is 6.54 Å². The van der Waals surface area contributed by atoms with E-state index in [1.807, 2.05) is 42.5 Å². The van der Waals surface area contributed by atoms with Crippen LogP contribution in [0, 0.1) is 11.8 Å². The molecule has 0 spiro atoms. The maximum Gasteiger partial charge on any atom is 0.234 e. The molecule has 6 nitrogen and oxygen atoms in total. The van der Waals surface area contributed by atoms with Gasteiger partial charge in [-0.15, -0.1) is 0 Å². The molecule has 166 valence electrons. The number of hydrogen-bond donors (Lipinski definition) is 0. The number of amides is 2. The van der Waals surface area contributed by atoms with Crippen LogP contribution in [0.5, 0.6) is 11.5 Å². The fourth-order valence-corrected chi connectivity index (χ4v) is 5.37. The van der Waals surface area contributed by atoms with Crippen LogP contribution >= 0.6 is 0 Å². The van der Waals surface area contributed by atoms with Gasteiger partial charge < -0.3 is 9.47 Å². The third-order valence-corrected chi connectivity index (χ3v) is 7.01. The number of nitrogens with zero attached hydrogens (tertiary/aromatic N) is 2. The van der Waals surface area contributed by atoms with Crippen molar-refractivity contribution in [2.45, 2.75) is 25.3 Å². The SMILES string of the molecule is COc1cc2c(cc1OC)[C@H](c1ccccc1)N(CN1C(=O)[C@H]3CC=CC[C@H]3C1=O)CC2. The van der Waals surface area contributed by atoms with Crippen molar-refractivity contribution >= 4 is 11.8 Å². The van der Waals surface area contributed by atoms with Gasteiger partial charge in [-0.2, -0.15) is 0 Å². The molecule has 32 heavy (non-hydrogen) atoms. The largest absolute Gasteiger partial charge is 0.493 e. The van der Waals surface area contributed by atoms with Crippen molar-refractivity contribution in [2.24, 2.45) is 11.8 Å². The van der Waals surface area contributed by atoms with Crippen LogP contribution < -0.4 is 9.47 Å². The zero-order valence-electron chi connectivity index (χ0n) is 18.5. The van der Waals surface area contributed by atoms with Crippen LogP contribution in [0.4, 0.5) is 0 Å². The van der Waals surface area contributed by atoms with E-state index in [0.29, 0.717) is 31.0 Å². The van der Waals surface area contributed by atoms with Gasteiger partial charge in [0.1, 0.15) is 0 Å². The number of likely N-dealkylation sites (tertiary alicyclic amines) is 1. The molecule has 1 saturated heterocycles. The highest BCUT2D eigenvalue weighted by Gasteiger charge is 2.48. The fraction of sp³-hybridized carbons (Fsp3) is 0.385. The first-order chi connectivity index (χ1) is 15.6. The van der Waals surface area contributed by atoms with Crippen molar-refractivity contribution in [3.63, 3.8) is 0 Å². The van der Waals surface area contributed by atoms with Crippen molar-refractivity contribution < 1.29 is 19.1 Å². The second-order valence-corrected chi connectivity index (χ2v) is 8.68. The van der Waals surface area contributed by atoms with Crippen molar-refractivity contribution in [3.8, 4) is 11.5 Å². The molecule has 2 heterocycles. The summed E-state index contributed by atoms with van der Waals surface area (Å²) in [4.78, 5) is 29.9. The van der Waals surface area contributed by atoms with Gasteiger partial charge in [-0.05, 0) is 48.1 Å². The second kappa shape index (κ2) is 8.43. The number of fused-ring (bicyclic) bond motifs is 2. The quantitative estimate of drug-likeness (QED) is 0.534. The lowest BCUT2D eigenvalue weighted by Gasteiger charge is -2.39. The van der Waals surface area contributed by atoms with Gasteiger partial charge in [0.05, 0.1) is 38.8 Å². The van der Waals surface area contributed by atoms with E-state index in [2.05, 4.69) is 17.0 Å². The molecule has 3 aliphatic rings. The van der Waals surface area contributed by atoms with E-state index in [1.54, 1.807) is 14.2 Å². The third-order valence-electron chi connectivity index (χ3n) is 7.01. The van der Waals surface area contributed by atoms with Crippen LogP contribution in [0.1, 0.15) is 35.6 Å². The number of carbonyl (C=O) groups excluding carboxylic acids is 2. The maximum absolute atomic E-state index is 13.1. The molecular formula is C26H28N2O4. The van der Waals surface area contributed by atoms with Crippen LogP contribution in [0.2, 0.25) is 0 Å². The molecule has 6 heteroatoms.